The minimum Gasteiger partial charge on any atom is -0.449 e. The molecule has 52 heavy (non-hydrogen) atoms. The highest BCUT2D eigenvalue weighted by Crippen LogP contribution is 2.45. The number of alkyl carbamates (subject to hydrolysis) is 1. The molecule has 2 saturated carbocycles. The fraction of sp³-hybridized carbons (Fsp3) is 0.649. The number of pyridine rings is 1. The van der Waals surface area contributed by atoms with Gasteiger partial charge in [0.2, 0.25) is 21.8 Å². The molecule has 0 spiro atoms. The number of amides is 4. The number of sulfonamides is 1. The van der Waals surface area contributed by atoms with Gasteiger partial charge in [0.25, 0.3) is 5.91 Å². The number of cyclic esters (lactones) is 1. The van der Waals surface area contributed by atoms with Gasteiger partial charge in [0.15, 0.2) is 0 Å². The molecule has 0 unspecified atom stereocenters. The van der Waals surface area contributed by atoms with Gasteiger partial charge in [-0.2, -0.15) is 0 Å². The Morgan fingerprint density at radius 3 is 2.60 bits per heavy atom. The van der Waals surface area contributed by atoms with Crippen LogP contribution in [0.15, 0.2) is 37.2 Å². The lowest BCUT2D eigenvalue weighted by Gasteiger charge is -2.35. The van der Waals surface area contributed by atoms with Crippen LogP contribution in [0.3, 0.4) is 0 Å². The summed E-state index contributed by atoms with van der Waals surface area (Å²) in [5.41, 5.74) is 0.0484. The number of nitrogens with zero attached hydrogens (tertiary/aromatic N) is 3. The Morgan fingerprint density at radius 1 is 1.17 bits per heavy atom. The van der Waals surface area contributed by atoms with Crippen LogP contribution >= 0.6 is 0 Å². The van der Waals surface area contributed by atoms with Crippen LogP contribution in [0.1, 0.15) is 90.8 Å². The number of carbonyl (C=O) groups is 4. The van der Waals surface area contributed by atoms with Crippen molar-refractivity contribution in [2.24, 2.45) is 16.7 Å². The van der Waals surface area contributed by atoms with Crippen molar-refractivity contribution in [1.82, 2.24) is 29.6 Å². The first-order valence-corrected chi connectivity index (χ1v) is 19.8. The monoisotopic (exact) mass is 740 g/mol. The normalized spacial score (nSPS) is 28.8. The van der Waals surface area contributed by atoms with E-state index in [1.807, 2.05) is 57.5 Å². The summed E-state index contributed by atoms with van der Waals surface area (Å²) >= 11 is 0. The molecule has 6 rings (SSSR count). The van der Waals surface area contributed by atoms with Crippen molar-refractivity contribution in [2.75, 3.05) is 13.2 Å². The SMILES string of the molecule is C=C[C@@H]1C[C@]1(NC(=O)[C@@H]1C[C@@H]2CN1C(=O)[C@H](C(C)(C)C)NC(=O)OCC(C)(C)CCCCc1cccn3cc(nc13)CO2)C(=O)NS(=O)(=O)C1CC1. The van der Waals surface area contributed by atoms with Crippen LogP contribution in [0, 0.1) is 16.7 Å². The molecule has 284 valence electrons. The van der Waals surface area contributed by atoms with Crippen LogP contribution in [0.5, 0.6) is 0 Å². The Hall–Kier alpha value is -3.98. The molecular weight excluding hydrogens is 689 g/mol. The van der Waals surface area contributed by atoms with E-state index in [1.165, 1.54) is 11.0 Å². The summed E-state index contributed by atoms with van der Waals surface area (Å²) in [4.78, 5) is 61.6. The van der Waals surface area contributed by atoms with Gasteiger partial charge in [-0.05, 0) is 61.0 Å². The van der Waals surface area contributed by atoms with Gasteiger partial charge in [-0.1, -0.05) is 53.2 Å². The first-order chi connectivity index (χ1) is 24.4. The molecule has 4 heterocycles. The molecule has 0 aromatic carbocycles. The van der Waals surface area contributed by atoms with Gasteiger partial charge in [-0.3, -0.25) is 19.1 Å². The zero-order valence-corrected chi connectivity index (χ0v) is 31.6. The Kier molecular flexibility index (Phi) is 10.2. The molecule has 3 fully saturated rings. The molecule has 4 aliphatic rings. The van der Waals surface area contributed by atoms with Crippen LogP contribution < -0.4 is 15.4 Å². The average Bonchev–Trinajstić information content (AvgIpc) is 3.96. The second kappa shape index (κ2) is 14.1. The predicted molar refractivity (Wildman–Crippen MR) is 192 cm³/mol. The van der Waals surface area contributed by atoms with Crippen LogP contribution in [0.4, 0.5) is 4.79 Å². The van der Waals surface area contributed by atoms with Crippen molar-refractivity contribution in [3.05, 3.63) is 48.4 Å². The highest BCUT2D eigenvalue weighted by atomic mass is 32.2. The fourth-order valence-electron chi connectivity index (χ4n) is 7.25. The third kappa shape index (κ3) is 8.14. The summed E-state index contributed by atoms with van der Waals surface area (Å²) in [7, 11) is -3.88. The number of carbonyl (C=O) groups excluding carboxylic acids is 4. The lowest BCUT2D eigenvalue weighted by Crippen LogP contribution is -2.60. The number of rotatable bonds is 6. The number of hydrogen-bond acceptors (Lipinski definition) is 9. The second-order valence-electron chi connectivity index (χ2n) is 16.7. The minimum absolute atomic E-state index is 0.0338. The number of imidazole rings is 1. The summed E-state index contributed by atoms with van der Waals surface area (Å²) in [6, 6.07) is 1.90. The fourth-order valence-corrected chi connectivity index (χ4v) is 8.61. The lowest BCUT2D eigenvalue weighted by atomic mass is 9.85. The largest absolute Gasteiger partial charge is 0.449 e. The van der Waals surface area contributed by atoms with Crippen molar-refractivity contribution in [2.45, 2.75) is 122 Å². The maximum absolute atomic E-state index is 14.5. The third-order valence-corrected chi connectivity index (χ3v) is 12.5. The molecule has 2 aromatic rings. The van der Waals surface area contributed by atoms with Crippen LogP contribution in [-0.4, -0.2) is 88.6 Å². The minimum atomic E-state index is -3.88. The maximum atomic E-state index is 14.5. The van der Waals surface area contributed by atoms with Gasteiger partial charge in [0, 0.05) is 31.3 Å². The van der Waals surface area contributed by atoms with E-state index in [2.05, 4.69) is 28.0 Å². The van der Waals surface area contributed by atoms with Gasteiger partial charge < -0.3 is 29.4 Å². The van der Waals surface area contributed by atoms with Crippen molar-refractivity contribution in [3.63, 3.8) is 0 Å². The zero-order valence-electron chi connectivity index (χ0n) is 30.8. The van der Waals surface area contributed by atoms with Gasteiger partial charge in [0.1, 0.15) is 23.3 Å². The van der Waals surface area contributed by atoms with Gasteiger partial charge in [-0.15, -0.1) is 6.58 Å². The van der Waals surface area contributed by atoms with Gasteiger partial charge >= 0.3 is 6.09 Å². The number of ether oxygens (including phenoxy) is 2. The standard InChI is InChI=1S/C37H52N6O8S/c1-7-24-18-37(24,33(46)41-52(48,49)27-13-14-27)40-31(44)28-17-26-20-43(28)32(45)29(35(2,3)4)39-34(47)51-22-36(5,6)15-9-8-11-23-12-10-16-42-19-25(21-50-26)38-30(23)42/h7,10,12,16,19,24,26-29H,1,8-9,11,13-15,17-18,20-22H2,2-6H3,(H,39,47)(H,40,44)(H,41,46)/t24-,26-,28+,29-,37-/m1/s1. The van der Waals surface area contributed by atoms with E-state index in [0.29, 0.717) is 18.5 Å². The molecule has 4 amide bonds. The predicted octanol–water partition coefficient (Wildman–Crippen LogP) is 3.38. The lowest BCUT2D eigenvalue weighted by molar-refractivity contribution is -0.143. The molecule has 14 nitrogen and oxygen atoms in total. The smallest absolute Gasteiger partial charge is 0.407 e. The Bertz CT molecular complexity index is 1850. The molecule has 2 aliphatic carbocycles. The Balaban J connectivity index is 1.28. The molecule has 5 atom stereocenters. The summed E-state index contributed by atoms with van der Waals surface area (Å²) in [5.74, 6) is -2.46. The van der Waals surface area contributed by atoms with Crippen LogP contribution in [0.2, 0.25) is 0 Å². The molecule has 2 aromatic heterocycles. The molecule has 15 heteroatoms. The molecule has 4 bridgehead atoms. The van der Waals surface area contributed by atoms with E-state index in [0.717, 1.165) is 36.9 Å². The molecule has 1 saturated heterocycles. The second-order valence-corrected chi connectivity index (χ2v) is 18.7. The topological polar surface area (TPSA) is 178 Å². The zero-order chi connectivity index (χ0) is 37.6. The Morgan fingerprint density at radius 2 is 1.92 bits per heavy atom. The van der Waals surface area contributed by atoms with E-state index >= 15 is 0 Å². The van der Waals surface area contributed by atoms with E-state index in [9.17, 15) is 27.6 Å². The van der Waals surface area contributed by atoms with E-state index in [-0.39, 0.29) is 38.0 Å². The van der Waals surface area contributed by atoms with Gasteiger partial charge in [-0.25, -0.2) is 18.2 Å². The summed E-state index contributed by atoms with van der Waals surface area (Å²) in [5, 5.41) is 4.96. The average molecular weight is 741 g/mol. The highest BCUT2D eigenvalue weighted by molar-refractivity contribution is 7.91. The summed E-state index contributed by atoms with van der Waals surface area (Å²) in [6.07, 6.45) is 8.77. The number of aromatic nitrogens is 2. The highest BCUT2D eigenvalue weighted by Gasteiger charge is 2.62. The summed E-state index contributed by atoms with van der Waals surface area (Å²) in [6.45, 7) is 13.6. The quantitative estimate of drug-likeness (QED) is 0.375. The first-order valence-electron chi connectivity index (χ1n) is 18.2. The van der Waals surface area contributed by atoms with Crippen molar-refractivity contribution in [3.8, 4) is 0 Å². The molecule has 2 aliphatic heterocycles. The number of nitrogens with one attached hydrogen (secondary N) is 3. The van der Waals surface area contributed by atoms with Crippen LogP contribution in [0.25, 0.3) is 5.65 Å². The Labute approximate surface area is 305 Å². The van der Waals surface area contributed by atoms with Gasteiger partial charge in [0.05, 0.1) is 30.3 Å². The summed E-state index contributed by atoms with van der Waals surface area (Å²) < 4.78 is 41.5. The number of fused-ring (bicyclic) bond motifs is 3. The van der Waals surface area contributed by atoms with Crippen molar-refractivity contribution in [1.29, 1.82) is 0 Å². The number of aryl methyl sites for hydroxylation is 1. The van der Waals surface area contributed by atoms with E-state index in [4.69, 9.17) is 14.5 Å². The van der Waals surface area contributed by atoms with Crippen LogP contribution in [-0.2, 0) is 46.9 Å². The third-order valence-electron chi connectivity index (χ3n) is 10.7. The van der Waals surface area contributed by atoms with E-state index in [1.54, 1.807) is 0 Å². The molecular formula is C37H52N6O8S. The van der Waals surface area contributed by atoms with Crippen molar-refractivity contribution < 1.29 is 37.1 Å². The maximum Gasteiger partial charge on any atom is 0.407 e. The number of hydrogen-bond donors (Lipinski definition) is 3. The molecule has 0 radical (unpaired) electrons. The molecule has 3 N–H and O–H groups in total. The van der Waals surface area contributed by atoms with Crippen molar-refractivity contribution >= 4 is 39.5 Å². The van der Waals surface area contributed by atoms with E-state index < -0.39 is 74.1 Å². The first kappa shape index (κ1) is 37.8.